The number of hydrogen-bond donors (Lipinski definition) is 1. The number of rotatable bonds is 5. The van der Waals surface area contributed by atoms with E-state index in [0.29, 0.717) is 10.7 Å². The molecule has 0 atom stereocenters. The zero-order chi connectivity index (χ0) is 17.9. The normalized spacial score (nSPS) is 16.7. The fraction of sp³-hybridized carbons (Fsp3) is 0.368. The van der Waals surface area contributed by atoms with Gasteiger partial charge in [-0.3, -0.25) is 9.62 Å². The minimum atomic E-state index is -3.60. The first-order valence-electron chi connectivity index (χ1n) is 8.52. The van der Waals surface area contributed by atoms with Crippen LogP contribution in [0.1, 0.15) is 25.3 Å². The van der Waals surface area contributed by atoms with Gasteiger partial charge < -0.3 is 0 Å². The van der Waals surface area contributed by atoms with E-state index in [4.69, 9.17) is 11.6 Å². The number of nitrogens with one attached hydrogen (secondary N) is 1. The number of anilines is 1. The molecule has 25 heavy (non-hydrogen) atoms. The van der Waals surface area contributed by atoms with Gasteiger partial charge in [0.25, 0.3) is 10.0 Å². The molecule has 134 valence electrons. The lowest BCUT2D eigenvalue weighted by atomic mass is 9.99. The number of nitrogens with zero attached hydrogens (tertiary/aromatic N) is 1. The number of hydrogen-bond acceptors (Lipinski definition) is 3. The molecular formula is C19H23ClN2O2S. The lowest BCUT2D eigenvalue weighted by Crippen LogP contribution is -2.32. The fourth-order valence-corrected chi connectivity index (χ4v) is 4.17. The van der Waals surface area contributed by atoms with Crippen LogP contribution in [0.2, 0.25) is 5.02 Å². The number of piperidine rings is 1. The zero-order valence-electron chi connectivity index (χ0n) is 14.3. The first kappa shape index (κ1) is 18.2. The maximum Gasteiger partial charge on any atom is 0.261 e. The SMILES string of the molecule is CC1CCN(Cc2ccc(NS(=O)(=O)c3ccc(Cl)cc3)cc2)CC1. The highest BCUT2D eigenvalue weighted by Crippen LogP contribution is 2.21. The van der Waals surface area contributed by atoms with E-state index in [1.54, 1.807) is 12.1 Å². The molecule has 0 saturated carbocycles. The monoisotopic (exact) mass is 378 g/mol. The summed E-state index contributed by atoms with van der Waals surface area (Å²) in [5.74, 6) is 0.820. The summed E-state index contributed by atoms with van der Waals surface area (Å²) in [6.45, 7) is 5.48. The Morgan fingerprint density at radius 2 is 1.64 bits per heavy atom. The molecule has 1 fully saturated rings. The standard InChI is InChI=1S/C19H23ClN2O2S/c1-15-10-12-22(13-11-15)14-16-2-6-18(7-3-16)21-25(23,24)19-8-4-17(20)5-9-19/h2-9,15,21H,10-14H2,1H3. The van der Waals surface area contributed by atoms with E-state index in [-0.39, 0.29) is 4.90 Å². The molecule has 0 aliphatic carbocycles. The quantitative estimate of drug-likeness (QED) is 0.840. The van der Waals surface area contributed by atoms with E-state index in [2.05, 4.69) is 16.5 Å². The van der Waals surface area contributed by atoms with E-state index in [0.717, 1.165) is 25.6 Å². The molecule has 1 saturated heterocycles. The van der Waals surface area contributed by atoms with E-state index in [1.807, 2.05) is 24.3 Å². The van der Waals surface area contributed by atoms with Crippen LogP contribution in [0.15, 0.2) is 53.4 Å². The fourth-order valence-electron chi connectivity index (χ4n) is 2.98. The van der Waals surface area contributed by atoms with Crippen LogP contribution in [0.5, 0.6) is 0 Å². The minimum Gasteiger partial charge on any atom is -0.299 e. The third kappa shape index (κ3) is 4.97. The van der Waals surface area contributed by atoms with E-state index < -0.39 is 10.0 Å². The summed E-state index contributed by atoms with van der Waals surface area (Å²) in [6, 6.07) is 13.7. The third-order valence-corrected chi connectivity index (χ3v) is 6.26. The second-order valence-corrected chi connectivity index (χ2v) is 8.83. The van der Waals surface area contributed by atoms with Crippen molar-refractivity contribution in [3.05, 3.63) is 59.1 Å². The van der Waals surface area contributed by atoms with Gasteiger partial charge in [0.1, 0.15) is 0 Å². The van der Waals surface area contributed by atoms with E-state index in [1.165, 1.54) is 30.5 Å². The van der Waals surface area contributed by atoms with Crippen LogP contribution in [0, 0.1) is 5.92 Å². The molecule has 4 nitrogen and oxygen atoms in total. The highest BCUT2D eigenvalue weighted by atomic mass is 35.5. The first-order chi connectivity index (χ1) is 11.9. The molecule has 0 bridgehead atoms. The molecule has 0 spiro atoms. The topological polar surface area (TPSA) is 49.4 Å². The predicted molar refractivity (Wildman–Crippen MR) is 102 cm³/mol. The number of halogens is 1. The van der Waals surface area contributed by atoms with Gasteiger partial charge in [0, 0.05) is 17.3 Å². The summed E-state index contributed by atoms with van der Waals surface area (Å²) in [7, 11) is -3.60. The number of benzene rings is 2. The van der Waals surface area contributed by atoms with Gasteiger partial charge in [-0.1, -0.05) is 30.7 Å². The maximum absolute atomic E-state index is 12.4. The predicted octanol–water partition coefficient (Wildman–Crippen LogP) is 4.37. The van der Waals surface area contributed by atoms with Gasteiger partial charge >= 0.3 is 0 Å². The second-order valence-electron chi connectivity index (χ2n) is 6.72. The Morgan fingerprint density at radius 1 is 1.04 bits per heavy atom. The molecular weight excluding hydrogens is 356 g/mol. The molecule has 0 amide bonds. The number of sulfonamides is 1. The Labute approximate surface area is 154 Å². The van der Waals surface area contributed by atoms with Crippen molar-refractivity contribution in [3.8, 4) is 0 Å². The third-order valence-electron chi connectivity index (χ3n) is 4.61. The Bertz CT molecular complexity index is 796. The smallest absolute Gasteiger partial charge is 0.261 e. The van der Waals surface area contributed by atoms with Crippen molar-refractivity contribution in [2.45, 2.75) is 31.2 Å². The lowest BCUT2D eigenvalue weighted by molar-refractivity contribution is 0.185. The lowest BCUT2D eigenvalue weighted by Gasteiger charge is -2.30. The molecule has 3 rings (SSSR count). The summed E-state index contributed by atoms with van der Waals surface area (Å²) in [6.07, 6.45) is 2.50. The van der Waals surface area contributed by atoms with Crippen LogP contribution in [-0.4, -0.2) is 26.4 Å². The van der Waals surface area contributed by atoms with Gasteiger partial charge in [0.05, 0.1) is 4.90 Å². The second kappa shape index (κ2) is 7.77. The van der Waals surface area contributed by atoms with E-state index >= 15 is 0 Å². The molecule has 0 aromatic heterocycles. The molecule has 0 radical (unpaired) electrons. The largest absolute Gasteiger partial charge is 0.299 e. The van der Waals surface area contributed by atoms with Crippen molar-refractivity contribution in [1.29, 1.82) is 0 Å². The van der Waals surface area contributed by atoms with Crippen molar-refractivity contribution in [2.24, 2.45) is 5.92 Å². The van der Waals surface area contributed by atoms with Crippen LogP contribution in [-0.2, 0) is 16.6 Å². The van der Waals surface area contributed by atoms with Gasteiger partial charge in [-0.05, 0) is 73.8 Å². The van der Waals surface area contributed by atoms with Crippen molar-refractivity contribution < 1.29 is 8.42 Å². The Kier molecular flexibility index (Phi) is 5.67. The summed E-state index contributed by atoms with van der Waals surface area (Å²) in [5.41, 5.74) is 1.76. The van der Waals surface area contributed by atoms with Crippen LogP contribution in [0.3, 0.4) is 0 Å². The average molecular weight is 379 g/mol. The summed E-state index contributed by atoms with van der Waals surface area (Å²) >= 11 is 5.81. The zero-order valence-corrected chi connectivity index (χ0v) is 15.9. The summed E-state index contributed by atoms with van der Waals surface area (Å²) in [5, 5.41) is 0.510. The minimum absolute atomic E-state index is 0.198. The van der Waals surface area contributed by atoms with Crippen LogP contribution >= 0.6 is 11.6 Å². The molecule has 0 unspecified atom stereocenters. The van der Waals surface area contributed by atoms with Crippen molar-refractivity contribution in [2.75, 3.05) is 17.8 Å². The number of likely N-dealkylation sites (tertiary alicyclic amines) is 1. The molecule has 1 aliphatic rings. The van der Waals surface area contributed by atoms with Crippen molar-refractivity contribution in [1.82, 2.24) is 4.90 Å². The molecule has 1 heterocycles. The van der Waals surface area contributed by atoms with Gasteiger partial charge in [-0.15, -0.1) is 0 Å². The molecule has 2 aromatic carbocycles. The Morgan fingerprint density at radius 3 is 2.24 bits per heavy atom. The van der Waals surface area contributed by atoms with Gasteiger partial charge in [0.15, 0.2) is 0 Å². The highest BCUT2D eigenvalue weighted by Gasteiger charge is 2.16. The van der Waals surface area contributed by atoms with Crippen LogP contribution in [0.4, 0.5) is 5.69 Å². The summed E-state index contributed by atoms with van der Waals surface area (Å²) in [4.78, 5) is 2.65. The summed E-state index contributed by atoms with van der Waals surface area (Å²) < 4.78 is 27.4. The van der Waals surface area contributed by atoms with Gasteiger partial charge in [-0.25, -0.2) is 8.42 Å². The molecule has 2 aromatic rings. The molecule has 6 heteroatoms. The van der Waals surface area contributed by atoms with Crippen LogP contribution < -0.4 is 4.72 Å². The van der Waals surface area contributed by atoms with Gasteiger partial charge in [-0.2, -0.15) is 0 Å². The Hall–Kier alpha value is -1.56. The van der Waals surface area contributed by atoms with Crippen LogP contribution in [0.25, 0.3) is 0 Å². The Balaban J connectivity index is 1.63. The van der Waals surface area contributed by atoms with Crippen molar-refractivity contribution in [3.63, 3.8) is 0 Å². The van der Waals surface area contributed by atoms with Gasteiger partial charge in [0.2, 0.25) is 0 Å². The average Bonchev–Trinajstić information content (AvgIpc) is 2.59. The van der Waals surface area contributed by atoms with Crippen molar-refractivity contribution >= 4 is 27.3 Å². The molecule has 1 N–H and O–H groups in total. The molecule has 1 aliphatic heterocycles. The van der Waals surface area contributed by atoms with E-state index in [9.17, 15) is 8.42 Å². The first-order valence-corrected chi connectivity index (χ1v) is 10.4. The highest BCUT2D eigenvalue weighted by molar-refractivity contribution is 7.92. The maximum atomic E-state index is 12.4.